The normalized spacial score (nSPS) is 13.7. The molecule has 1 heterocycles. The van der Waals surface area contributed by atoms with Crippen molar-refractivity contribution in [2.24, 2.45) is 23.2 Å². The van der Waals surface area contributed by atoms with Gasteiger partial charge in [0.2, 0.25) is 0 Å². The van der Waals surface area contributed by atoms with E-state index < -0.39 is 5.41 Å². The van der Waals surface area contributed by atoms with E-state index in [0.29, 0.717) is 45.9 Å². The molecule has 412 valence electrons. The third-order valence-electron chi connectivity index (χ3n) is 14.8. The molecule has 7 nitrogen and oxygen atoms in total. The summed E-state index contributed by atoms with van der Waals surface area (Å²) in [5.41, 5.74) is -0.528. The fourth-order valence-electron chi connectivity index (χ4n) is 9.97. The molecule has 7 heteroatoms. The number of hydrogen-bond acceptors (Lipinski definition) is 7. The SMILES string of the molecule is CC(C)CCCCCCCCCCCCCCOCC(COCCCCCCCCCCCCCCC(C)C)(COCCCCCCCCCCCCCCC(C)C)COC(=O)CCN1CC(O)C1. The summed E-state index contributed by atoms with van der Waals surface area (Å²) < 4.78 is 25.4. The minimum atomic E-state index is -0.528. The zero-order valence-corrected chi connectivity index (χ0v) is 47.6. The lowest BCUT2D eigenvalue weighted by molar-refractivity contribution is -0.157. The van der Waals surface area contributed by atoms with Gasteiger partial charge >= 0.3 is 5.97 Å². The third kappa shape index (κ3) is 46.8. The highest BCUT2D eigenvalue weighted by Crippen LogP contribution is 2.24. The molecule has 0 radical (unpaired) electrons. The third-order valence-corrected chi connectivity index (χ3v) is 14.8. The van der Waals surface area contributed by atoms with E-state index in [2.05, 4.69) is 46.4 Å². The van der Waals surface area contributed by atoms with Crippen LogP contribution >= 0.6 is 0 Å². The molecule has 1 saturated heterocycles. The number of β-amino-alcohol motifs (C(OH)–C–C–N with tert-alkyl or cyclic N) is 1. The van der Waals surface area contributed by atoms with Gasteiger partial charge in [0.1, 0.15) is 6.61 Å². The number of likely N-dealkylation sites (tertiary alicyclic amines) is 1. The maximum absolute atomic E-state index is 13.1. The van der Waals surface area contributed by atoms with Gasteiger partial charge in [-0.3, -0.25) is 9.69 Å². The first-order chi connectivity index (χ1) is 33.6. The molecule has 0 aromatic rings. The largest absolute Gasteiger partial charge is 0.465 e. The summed E-state index contributed by atoms with van der Waals surface area (Å²) >= 11 is 0. The van der Waals surface area contributed by atoms with Crippen LogP contribution in [0.25, 0.3) is 0 Å². The van der Waals surface area contributed by atoms with Gasteiger partial charge in [-0.25, -0.2) is 0 Å². The number of hydrogen-bond donors (Lipinski definition) is 1. The number of carbonyl (C=O) groups is 1. The van der Waals surface area contributed by atoms with Crippen molar-refractivity contribution >= 4 is 5.97 Å². The highest BCUT2D eigenvalue weighted by atomic mass is 16.5. The van der Waals surface area contributed by atoms with Crippen molar-refractivity contribution in [3.63, 3.8) is 0 Å². The maximum Gasteiger partial charge on any atom is 0.307 e. The van der Waals surface area contributed by atoms with Gasteiger partial charge in [0.15, 0.2) is 0 Å². The van der Waals surface area contributed by atoms with E-state index >= 15 is 0 Å². The van der Waals surface area contributed by atoms with Crippen molar-refractivity contribution in [3.8, 4) is 0 Å². The number of esters is 1. The van der Waals surface area contributed by atoms with Crippen molar-refractivity contribution in [1.82, 2.24) is 4.90 Å². The molecule has 0 aromatic heterocycles. The molecule has 1 aliphatic heterocycles. The Morgan fingerprint density at radius 2 is 0.652 bits per heavy atom. The van der Waals surface area contributed by atoms with Gasteiger partial charge in [-0.1, -0.05) is 273 Å². The summed E-state index contributed by atoms with van der Waals surface area (Å²) in [7, 11) is 0. The van der Waals surface area contributed by atoms with Gasteiger partial charge in [-0.05, 0) is 37.0 Å². The van der Waals surface area contributed by atoms with Crippen LogP contribution in [0, 0.1) is 23.2 Å². The Labute approximate surface area is 431 Å². The molecule has 0 amide bonds. The lowest BCUT2D eigenvalue weighted by Crippen LogP contribution is -2.51. The standard InChI is InChI=1S/C62H123NO6/c1-57(2)43-37-31-25-19-13-7-10-16-22-28-34-40-48-66-53-62(56-69-61(65)46-47-63-51-60(64)52-63,54-67-49-41-35-29-23-17-11-8-14-20-26-32-38-44-58(3)4)55-68-50-42-36-30-24-18-12-9-15-21-27-33-39-45-59(5)6/h57-60,64H,7-56H2,1-6H3. The highest BCUT2D eigenvalue weighted by Gasteiger charge is 2.34. The van der Waals surface area contributed by atoms with Crippen LogP contribution < -0.4 is 0 Å². The van der Waals surface area contributed by atoms with Crippen molar-refractivity contribution in [3.05, 3.63) is 0 Å². The van der Waals surface area contributed by atoms with E-state index in [9.17, 15) is 9.90 Å². The Bertz CT molecular complexity index is 948. The fourth-order valence-corrected chi connectivity index (χ4v) is 9.97. The number of rotatable bonds is 56. The first-order valence-corrected chi connectivity index (χ1v) is 30.9. The summed E-state index contributed by atoms with van der Waals surface area (Å²) in [5, 5.41) is 9.72. The summed E-state index contributed by atoms with van der Waals surface area (Å²) in [6, 6.07) is 0. The summed E-state index contributed by atoms with van der Waals surface area (Å²) in [6.45, 7) is 19.8. The van der Waals surface area contributed by atoms with Gasteiger partial charge in [0.25, 0.3) is 0 Å². The molecule has 0 spiro atoms. The average molecular weight is 979 g/mol. The second-order valence-electron chi connectivity index (χ2n) is 23.8. The number of aliphatic hydroxyl groups excluding tert-OH is 1. The van der Waals surface area contributed by atoms with Crippen LogP contribution in [-0.2, 0) is 23.7 Å². The van der Waals surface area contributed by atoms with Gasteiger partial charge in [0, 0.05) is 39.5 Å². The molecule has 1 rings (SSSR count). The highest BCUT2D eigenvalue weighted by molar-refractivity contribution is 5.69. The van der Waals surface area contributed by atoms with Crippen molar-refractivity contribution in [2.75, 3.05) is 65.9 Å². The van der Waals surface area contributed by atoms with Crippen LogP contribution in [0.1, 0.15) is 298 Å². The van der Waals surface area contributed by atoms with Crippen LogP contribution in [0.15, 0.2) is 0 Å². The Morgan fingerprint density at radius 3 is 0.899 bits per heavy atom. The number of carbonyl (C=O) groups excluding carboxylic acids is 1. The predicted molar refractivity (Wildman–Crippen MR) is 297 cm³/mol. The van der Waals surface area contributed by atoms with E-state index in [1.54, 1.807) is 0 Å². The summed E-state index contributed by atoms with van der Waals surface area (Å²) in [5.74, 6) is 2.35. The van der Waals surface area contributed by atoms with Crippen LogP contribution in [0.5, 0.6) is 0 Å². The van der Waals surface area contributed by atoms with Crippen LogP contribution in [0.3, 0.4) is 0 Å². The molecular formula is C62H123NO6. The minimum absolute atomic E-state index is 0.189. The number of ether oxygens (including phenoxy) is 4. The monoisotopic (exact) mass is 978 g/mol. The second kappa shape index (κ2) is 49.5. The Balaban J connectivity index is 2.54. The second-order valence-corrected chi connectivity index (χ2v) is 23.8. The first-order valence-electron chi connectivity index (χ1n) is 30.9. The smallest absolute Gasteiger partial charge is 0.307 e. The molecule has 0 saturated carbocycles. The van der Waals surface area contributed by atoms with E-state index in [4.69, 9.17) is 18.9 Å². The Morgan fingerprint density at radius 1 is 0.406 bits per heavy atom. The van der Waals surface area contributed by atoms with Crippen molar-refractivity contribution in [2.45, 2.75) is 304 Å². The molecule has 69 heavy (non-hydrogen) atoms. The van der Waals surface area contributed by atoms with Crippen molar-refractivity contribution < 1.29 is 28.8 Å². The summed E-state index contributed by atoms with van der Waals surface area (Å²) in [6.07, 6.45) is 52.3. The molecule has 0 aliphatic carbocycles. The lowest BCUT2D eigenvalue weighted by atomic mass is 9.92. The molecule has 0 unspecified atom stereocenters. The molecule has 0 atom stereocenters. The van der Waals surface area contributed by atoms with E-state index in [1.807, 2.05) is 0 Å². The number of nitrogens with zero attached hydrogens (tertiary/aromatic N) is 1. The van der Waals surface area contributed by atoms with E-state index in [1.165, 1.54) is 231 Å². The fraction of sp³-hybridized carbons (Fsp3) is 0.984. The van der Waals surface area contributed by atoms with Crippen molar-refractivity contribution in [1.29, 1.82) is 0 Å². The zero-order chi connectivity index (χ0) is 50.1. The maximum atomic E-state index is 13.1. The molecule has 1 fully saturated rings. The topological polar surface area (TPSA) is 77.5 Å². The number of aliphatic hydroxyl groups is 1. The molecule has 0 aromatic carbocycles. The first kappa shape index (κ1) is 66.3. The molecular weight excluding hydrogens is 855 g/mol. The summed E-state index contributed by atoms with van der Waals surface area (Å²) in [4.78, 5) is 15.2. The van der Waals surface area contributed by atoms with Crippen LogP contribution in [0.4, 0.5) is 0 Å². The molecule has 1 N–H and O–H groups in total. The predicted octanol–water partition coefficient (Wildman–Crippen LogP) is 17.8. The Kier molecular flexibility index (Phi) is 47.5. The van der Waals surface area contributed by atoms with Gasteiger partial charge in [0.05, 0.1) is 37.8 Å². The van der Waals surface area contributed by atoms with E-state index in [-0.39, 0.29) is 18.7 Å². The van der Waals surface area contributed by atoms with Crippen LogP contribution in [-0.4, -0.2) is 88.0 Å². The quantitative estimate of drug-likeness (QED) is 0.0480. The molecule has 1 aliphatic rings. The number of unbranched alkanes of at least 4 members (excludes halogenated alkanes) is 33. The molecule has 0 bridgehead atoms. The lowest BCUT2D eigenvalue weighted by Gasteiger charge is -2.35. The minimum Gasteiger partial charge on any atom is -0.465 e. The zero-order valence-electron chi connectivity index (χ0n) is 47.6. The van der Waals surface area contributed by atoms with Crippen LogP contribution in [0.2, 0.25) is 0 Å². The van der Waals surface area contributed by atoms with E-state index in [0.717, 1.165) is 56.8 Å². The van der Waals surface area contributed by atoms with Gasteiger partial charge < -0.3 is 24.1 Å². The average Bonchev–Trinajstić information content (AvgIpc) is 3.31. The van der Waals surface area contributed by atoms with Gasteiger partial charge in [-0.2, -0.15) is 0 Å². The van der Waals surface area contributed by atoms with Gasteiger partial charge in [-0.15, -0.1) is 0 Å². The Hall–Kier alpha value is -0.730.